The second kappa shape index (κ2) is 7.20. The van der Waals surface area contributed by atoms with Gasteiger partial charge in [-0.2, -0.15) is 0 Å². The van der Waals surface area contributed by atoms with E-state index in [2.05, 4.69) is 16.9 Å². The summed E-state index contributed by atoms with van der Waals surface area (Å²) in [6, 6.07) is 8.00. The SMILES string of the molecule is CCS(=O)(=O)N[C@H]1CCCO[C@H]1COc1ccc(C2CC2)cc1. The number of sulfonamides is 1. The van der Waals surface area contributed by atoms with E-state index < -0.39 is 10.0 Å². The lowest BCUT2D eigenvalue weighted by Crippen LogP contribution is -2.49. The summed E-state index contributed by atoms with van der Waals surface area (Å²) in [5.74, 6) is 1.62. The Bertz CT molecular complexity index is 610. The fourth-order valence-electron chi connectivity index (χ4n) is 2.88. The van der Waals surface area contributed by atoms with Gasteiger partial charge in [0.05, 0.1) is 11.8 Å². The molecule has 6 heteroatoms. The van der Waals surface area contributed by atoms with Gasteiger partial charge in [0.25, 0.3) is 0 Å². The highest BCUT2D eigenvalue weighted by Crippen LogP contribution is 2.40. The maximum atomic E-state index is 11.8. The summed E-state index contributed by atoms with van der Waals surface area (Å²) < 4.78 is 37.8. The fraction of sp³-hybridized carbons (Fsp3) is 0.647. The van der Waals surface area contributed by atoms with Crippen LogP contribution in [0.5, 0.6) is 5.75 Å². The van der Waals surface area contributed by atoms with Crippen LogP contribution in [-0.4, -0.2) is 39.5 Å². The third-order valence-corrected chi connectivity index (χ3v) is 5.92. The molecule has 1 saturated carbocycles. The molecule has 1 saturated heterocycles. The zero-order valence-electron chi connectivity index (χ0n) is 13.5. The highest BCUT2D eigenvalue weighted by molar-refractivity contribution is 7.89. The lowest BCUT2D eigenvalue weighted by Gasteiger charge is -2.31. The van der Waals surface area contributed by atoms with E-state index in [0.29, 0.717) is 13.2 Å². The Labute approximate surface area is 138 Å². The van der Waals surface area contributed by atoms with Crippen molar-refractivity contribution in [1.82, 2.24) is 4.72 Å². The van der Waals surface area contributed by atoms with Gasteiger partial charge in [0.2, 0.25) is 10.0 Å². The largest absolute Gasteiger partial charge is 0.491 e. The zero-order valence-corrected chi connectivity index (χ0v) is 14.3. The average molecular weight is 339 g/mol. The minimum atomic E-state index is -3.23. The number of hydrogen-bond donors (Lipinski definition) is 1. The first-order valence-electron chi connectivity index (χ1n) is 8.42. The minimum Gasteiger partial charge on any atom is -0.491 e. The highest BCUT2D eigenvalue weighted by atomic mass is 32.2. The third-order valence-electron chi connectivity index (χ3n) is 4.49. The molecule has 3 rings (SSSR count). The molecule has 2 aliphatic rings. The Morgan fingerprint density at radius 3 is 2.61 bits per heavy atom. The first-order chi connectivity index (χ1) is 11.1. The lowest BCUT2D eigenvalue weighted by atomic mass is 10.0. The predicted octanol–water partition coefficient (Wildman–Crippen LogP) is 2.43. The molecule has 0 radical (unpaired) electrons. The van der Waals surface area contributed by atoms with E-state index >= 15 is 0 Å². The van der Waals surface area contributed by atoms with Gasteiger partial charge < -0.3 is 9.47 Å². The maximum Gasteiger partial charge on any atom is 0.211 e. The van der Waals surface area contributed by atoms with Crippen molar-refractivity contribution < 1.29 is 17.9 Å². The van der Waals surface area contributed by atoms with Crippen molar-refractivity contribution >= 4 is 10.0 Å². The zero-order chi connectivity index (χ0) is 16.3. The van der Waals surface area contributed by atoms with Gasteiger partial charge in [-0.3, -0.25) is 0 Å². The van der Waals surface area contributed by atoms with Crippen molar-refractivity contribution in [2.75, 3.05) is 19.0 Å². The molecule has 128 valence electrons. The smallest absolute Gasteiger partial charge is 0.211 e. The molecule has 23 heavy (non-hydrogen) atoms. The predicted molar refractivity (Wildman–Crippen MR) is 89.3 cm³/mol. The Hall–Kier alpha value is -1.11. The van der Waals surface area contributed by atoms with Gasteiger partial charge in [0.15, 0.2) is 0 Å². The standard InChI is InChI=1S/C17H25NO4S/c1-2-23(19,20)18-16-4-3-11-21-17(16)12-22-15-9-7-14(8-10-15)13-5-6-13/h7-10,13,16-18H,2-6,11-12H2,1H3/t16-,17-/m0/s1. The van der Waals surface area contributed by atoms with Crippen molar-refractivity contribution in [3.05, 3.63) is 29.8 Å². The van der Waals surface area contributed by atoms with E-state index in [1.165, 1.54) is 18.4 Å². The molecule has 1 N–H and O–H groups in total. The van der Waals surface area contributed by atoms with Crippen LogP contribution in [0.1, 0.15) is 44.1 Å². The van der Waals surface area contributed by atoms with Crippen molar-refractivity contribution in [2.24, 2.45) is 0 Å². The number of benzene rings is 1. The molecular formula is C17H25NO4S. The molecule has 1 aromatic rings. The number of nitrogens with one attached hydrogen (secondary N) is 1. The molecule has 0 bridgehead atoms. The first kappa shape index (κ1) is 16.7. The Balaban J connectivity index is 1.56. The first-order valence-corrected chi connectivity index (χ1v) is 10.1. The minimum absolute atomic E-state index is 0.0830. The van der Waals surface area contributed by atoms with Gasteiger partial charge in [-0.15, -0.1) is 0 Å². The quantitative estimate of drug-likeness (QED) is 0.829. The Morgan fingerprint density at radius 2 is 1.96 bits per heavy atom. The monoisotopic (exact) mass is 339 g/mol. The van der Waals surface area contributed by atoms with Gasteiger partial charge in [0.1, 0.15) is 18.5 Å². The molecule has 1 aliphatic heterocycles. The van der Waals surface area contributed by atoms with E-state index in [0.717, 1.165) is 24.5 Å². The van der Waals surface area contributed by atoms with Crippen molar-refractivity contribution in [3.63, 3.8) is 0 Å². The normalized spacial score (nSPS) is 25.3. The van der Waals surface area contributed by atoms with Crippen molar-refractivity contribution in [2.45, 2.75) is 50.7 Å². The number of rotatable bonds is 7. The summed E-state index contributed by atoms with van der Waals surface area (Å²) in [5.41, 5.74) is 1.37. The molecule has 1 aliphatic carbocycles. The van der Waals surface area contributed by atoms with E-state index in [1.54, 1.807) is 6.92 Å². The van der Waals surface area contributed by atoms with E-state index in [-0.39, 0.29) is 17.9 Å². The molecule has 1 aromatic carbocycles. The molecule has 0 aromatic heterocycles. The Morgan fingerprint density at radius 1 is 1.22 bits per heavy atom. The van der Waals surface area contributed by atoms with E-state index in [1.807, 2.05) is 12.1 Å². The van der Waals surface area contributed by atoms with Crippen LogP contribution in [0.3, 0.4) is 0 Å². The Kier molecular flexibility index (Phi) is 5.24. The van der Waals surface area contributed by atoms with Crippen molar-refractivity contribution in [3.8, 4) is 5.75 Å². The average Bonchev–Trinajstić information content (AvgIpc) is 3.39. The third kappa shape index (κ3) is 4.68. The van der Waals surface area contributed by atoms with Crippen LogP contribution in [0.2, 0.25) is 0 Å². The fourth-order valence-corrected chi connectivity index (χ4v) is 3.78. The van der Waals surface area contributed by atoms with Gasteiger partial charge in [0, 0.05) is 6.61 Å². The molecule has 2 fully saturated rings. The van der Waals surface area contributed by atoms with Gasteiger partial charge in [-0.05, 0) is 56.2 Å². The summed E-state index contributed by atoms with van der Waals surface area (Å²) in [4.78, 5) is 0. The number of ether oxygens (including phenoxy) is 2. The maximum absolute atomic E-state index is 11.8. The van der Waals surface area contributed by atoms with Crippen LogP contribution in [0.15, 0.2) is 24.3 Å². The molecule has 1 heterocycles. The summed E-state index contributed by atoms with van der Waals surface area (Å²) in [6.45, 7) is 2.65. The van der Waals surface area contributed by atoms with Crippen LogP contribution < -0.4 is 9.46 Å². The summed E-state index contributed by atoms with van der Waals surface area (Å²) in [7, 11) is -3.23. The molecule has 0 unspecified atom stereocenters. The van der Waals surface area contributed by atoms with Gasteiger partial charge >= 0.3 is 0 Å². The van der Waals surface area contributed by atoms with Gasteiger partial charge in [-0.25, -0.2) is 13.1 Å². The molecule has 0 amide bonds. The van der Waals surface area contributed by atoms with Crippen LogP contribution >= 0.6 is 0 Å². The van der Waals surface area contributed by atoms with Crippen LogP contribution in [0, 0.1) is 0 Å². The van der Waals surface area contributed by atoms with Crippen LogP contribution in [-0.2, 0) is 14.8 Å². The highest BCUT2D eigenvalue weighted by Gasteiger charge is 2.29. The van der Waals surface area contributed by atoms with Crippen LogP contribution in [0.25, 0.3) is 0 Å². The summed E-state index contributed by atoms with van der Waals surface area (Å²) >= 11 is 0. The second-order valence-corrected chi connectivity index (χ2v) is 8.38. The molecule has 2 atom stereocenters. The van der Waals surface area contributed by atoms with Crippen LogP contribution in [0.4, 0.5) is 0 Å². The molecular weight excluding hydrogens is 314 g/mol. The molecule has 5 nitrogen and oxygen atoms in total. The van der Waals surface area contributed by atoms with Crippen molar-refractivity contribution in [1.29, 1.82) is 0 Å². The van der Waals surface area contributed by atoms with Gasteiger partial charge in [-0.1, -0.05) is 12.1 Å². The number of hydrogen-bond acceptors (Lipinski definition) is 4. The molecule has 0 spiro atoms. The topological polar surface area (TPSA) is 64.6 Å². The second-order valence-electron chi connectivity index (χ2n) is 6.33. The summed E-state index contributed by atoms with van der Waals surface area (Å²) in [6.07, 6.45) is 3.98. The van der Waals surface area contributed by atoms with E-state index in [9.17, 15) is 8.42 Å². The summed E-state index contributed by atoms with van der Waals surface area (Å²) in [5, 5.41) is 0. The lowest BCUT2D eigenvalue weighted by molar-refractivity contribution is -0.0279. The van der Waals surface area contributed by atoms with E-state index in [4.69, 9.17) is 9.47 Å².